The first-order valence-corrected chi connectivity index (χ1v) is 7.00. The molecular weight excluding hydrogens is 242 g/mol. The highest BCUT2D eigenvalue weighted by molar-refractivity contribution is 5.42. The number of aryl methyl sites for hydroxylation is 1. The molecule has 1 aromatic rings. The summed E-state index contributed by atoms with van der Waals surface area (Å²) < 4.78 is 10.6. The zero-order valence-electron chi connectivity index (χ0n) is 11.8. The first-order valence-electron chi connectivity index (χ1n) is 7.00. The first-order chi connectivity index (χ1) is 9.26. The minimum Gasteiger partial charge on any atom is -0.493 e. The van der Waals surface area contributed by atoms with Crippen molar-refractivity contribution in [3.8, 4) is 11.5 Å². The molecule has 4 nitrogen and oxygen atoms in total. The van der Waals surface area contributed by atoms with E-state index >= 15 is 0 Å². The standard InChI is InChI=1S/C15H23NO3/c1-18-14-9-10-16-12(15(14)19-2)7-8-13(17)11-5-3-4-6-11/h9-11,13,17H,3-8H2,1-2H3. The Balaban J connectivity index is 1.98. The van der Waals surface area contributed by atoms with Gasteiger partial charge < -0.3 is 14.6 Å². The molecule has 1 aliphatic rings. The highest BCUT2D eigenvalue weighted by Gasteiger charge is 2.23. The summed E-state index contributed by atoms with van der Waals surface area (Å²) in [6, 6.07) is 1.79. The minimum absolute atomic E-state index is 0.222. The first kappa shape index (κ1) is 14.1. The fraction of sp³-hybridized carbons (Fsp3) is 0.667. The molecule has 1 aliphatic carbocycles. The van der Waals surface area contributed by atoms with Crippen LogP contribution in [0.5, 0.6) is 11.5 Å². The van der Waals surface area contributed by atoms with Crippen molar-refractivity contribution in [2.75, 3.05) is 14.2 Å². The number of aliphatic hydroxyl groups excluding tert-OH is 1. The third-order valence-corrected chi connectivity index (χ3v) is 3.99. The van der Waals surface area contributed by atoms with Gasteiger partial charge in [-0.2, -0.15) is 0 Å². The summed E-state index contributed by atoms with van der Waals surface area (Å²) in [7, 11) is 3.24. The second kappa shape index (κ2) is 6.75. The summed E-state index contributed by atoms with van der Waals surface area (Å²) in [5.41, 5.74) is 0.860. The maximum Gasteiger partial charge on any atom is 0.182 e. The monoisotopic (exact) mass is 265 g/mol. The Hall–Kier alpha value is -1.29. The van der Waals surface area contributed by atoms with E-state index in [0.717, 1.165) is 31.4 Å². The number of rotatable bonds is 6. The van der Waals surface area contributed by atoms with Crippen LogP contribution in [0.2, 0.25) is 0 Å². The highest BCUT2D eigenvalue weighted by Crippen LogP contribution is 2.32. The van der Waals surface area contributed by atoms with Crippen molar-refractivity contribution in [3.05, 3.63) is 18.0 Å². The second-order valence-corrected chi connectivity index (χ2v) is 5.14. The van der Waals surface area contributed by atoms with Crippen molar-refractivity contribution in [1.29, 1.82) is 0 Å². The molecule has 0 amide bonds. The van der Waals surface area contributed by atoms with Crippen molar-refractivity contribution in [1.82, 2.24) is 4.98 Å². The third kappa shape index (κ3) is 3.38. The van der Waals surface area contributed by atoms with Crippen LogP contribution >= 0.6 is 0 Å². The summed E-state index contributed by atoms with van der Waals surface area (Å²) >= 11 is 0. The van der Waals surface area contributed by atoms with Crippen LogP contribution in [0, 0.1) is 5.92 Å². The number of hydrogen-bond donors (Lipinski definition) is 1. The molecule has 0 bridgehead atoms. The molecular formula is C15H23NO3. The summed E-state index contributed by atoms with van der Waals surface area (Å²) in [5.74, 6) is 1.85. The number of ether oxygens (including phenoxy) is 2. The Morgan fingerprint density at radius 3 is 2.68 bits per heavy atom. The Morgan fingerprint density at radius 2 is 2.05 bits per heavy atom. The van der Waals surface area contributed by atoms with E-state index in [1.165, 1.54) is 12.8 Å². The van der Waals surface area contributed by atoms with Crippen molar-refractivity contribution < 1.29 is 14.6 Å². The van der Waals surface area contributed by atoms with Crippen LogP contribution in [0.3, 0.4) is 0 Å². The molecule has 106 valence electrons. The fourth-order valence-corrected chi connectivity index (χ4v) is 2.89. The summed E-state index contributed by atoms with van der Waals surface area (Å²) in [5, 5.41) is 10.2. The number of pyridine rings is 1. The number of aliphatic hydroxyl groups is 1. The minimum atomic E-state index is -0.222. The molecule has 1 saturated carbocycles. The average Bonchev–Trinajstić information content (AvgIpc) is 2.98. The Kier molecular flexibility index (Phi) is 5.02. The molecule has 1 N–H and O–H groups in total. The lowest BCUT2D eigenvalue weighted by atomic mass is 9.96. The van der Waals surface area contributed by atoms with Gasteiger partial charge in [0.05, 0.1) is 26.0 Å². The molecule has 1 unspecified atom stereocenters. The molecule has 1 heterocycles. The lowest BCUT2D eigenvalue weighted by molar-refractivity contribution is 0.102. The van der Waals surface area contributed by atoms with Crippen LogP contribution in [0.25, 0.3) is 0 Å². The predicted octanol–water partition coefficient (Wildman–Crippen LogP) is 2.58. The van der Waals surface area contributed by atoms with E-state index in [2.05, 4.69) is 4.98 Å². The molecule has 1 fully saturated rings. The molecule has 2 rings (SSSR count). The van der Waals surface area contributed by atoms with Gasteiger partial charge in [-0.3, -0.25) is 4.98 Å². The van der Waals surface area contributed by atoms with Gasteiger partial charge in [0.1, 0.15) is 0 Å². The summed E-state index contributed by atoms with van der Waals surface area (Å²) in [6.07, 6.45) is 7.77. The Bertz CT molecular complexity index is 402. The van der Waals surface area contributed by atoms with Gasteiger partial charge in [-0.25, -0.2) is 0 Å². The highest BCUT2D eigenvalue weighted by atomic mass is 16.5. The fourth-order valence-electron chi connectivity index (χ4n) is 2.89. The van der Waals surface area contributed by atoms with Crippen molar-refractivity contribution in [2.24, 2.45) is 5.92 Å². The number of hydrogen-bond acceptors (Lipinski definition) is 4. The Morgan fingerprint density at radius 1 is 1.32 bits per heavy atom. The largest absolute Gasteiger partial charge is 0.493 e. The van der Waals surface area contributed by atoms with E-state index in [9.17, 15) is 5.11 Å². The number of aromatic nitrogens is 1. The second-order valence-electron chi connectivity index (χ2n) is 5.14. The third-order valence-electron chi connectivity index (χ3n) is 3.99. The van der Waals surface area contributed by atoms with Crippen LogP contribution in [0.1, 0.15) is 37.8 Å². The van der Waals surface area contributed by atoms with E-state index < -0.39 is 0 Å². The molecule has 0 spiro atoms. The molecule has 4 heteroatoms. The van der Waals surface area contributed by atoms with Crippen molar-refractivity contribution in [2.45, 2.75) is 44.6 Å². The van der Waals surface area contributed by atoms with E-state index in [1.807, 2.05) is 0 Å². The smallest absolute Gasteiger partial charge is 0.182 e. The van der Waals surface area contributed by atoms with Crippen molar-refractivity contribution in [3.63, 3.8) is 0 Å². The molecule has 0 aromatic carbocycles. The van der Waals surface area contributed by atoms with E-state index in [1.54, 1.807) is 26.5 Å². The molecule has 0 aliphatic heterocycles. The van der Waals surface area contributed by atoms with Gasteiger partial charge >= 0.3 is 0 Å². The van der Waals surface area contributed by atoms with Gasteiger partial charge in [0.25, 0.3) is 0 Å². The van der Waals surface area contributed by atoms with Gasteiger partial charge in [0, 0.05) is 12.3 Å². The quantitative estimate of drug-likeness (QED) is 0.859. The molecule has 0 radical (unpaired) electrons. The predicted molar refractivity (Wildman–Crippen MR) is 73.6 cm³/mol. The molecule has 1 atom stereocenters. The summed E-state index contributed by atoms with van der Waals surface area (Å²) in [6.45, 7) is 0. The zero-order chi connectivity index (χ0) is 13.7. The van der Waals surface area contributed by atoms with Gasteiger partial charge in [-0.15, -0.1) is 0 Å². The maximum atomic E-state index is 10.2. The summed E-state index contributed by atoms with van der Waals surface area (Å²) in [4.78, 5) is 4.34. The number of methoxy groups -OCH3 is 2. The normalized spacial score (nSPS) is 17.4. The maximum absolute atomic E-state index is 10.2. The molecule has 1 aromatic heterocycles. The number of nitrogens with zero attached hydrogens (tertiary/aromatic N) is 1. The lowest BCUT2D eigenvalue weighted by Crippen LogP contribution is -2.18. The van der Waals surface area contributed by atoms with E-state index in [-0.39, 0.29) is 6.10 Å². The topological polar surface area (TPSA) is 51.6 Å². The van der Waals surface area contributed by atoms with Crippen LogP contribution in [0.15, 0.2) is 12.3 Å². The van der Waals surface area contributed by atoms with Crippen molar-refractivity contribution >= 4 is 0 Å². The average molecular weight is 265 g/mol. The van der Waals surface area contributed by atoms with Crippen LogP contribution in [-0.2, 0) is 6.42 Å². The van der Waals surface area contributed by atoms with Gasteiger partial charge in [-0.05, 0) is 31.6 Å². The molecule has 19 heavy (non-hydrogen) atoms. The van der Waals surface area contributed by atoms with Gasteiger partial charge in [-0.1, -0.05) is 12.8 Å². The van der Waals surface area contributed by atoms with Gasteiger partial charge in [0.2, 0.25) is 0 Å². The van der Waals surface area contributed by atoms with Crippen LogP contribution in [0.4, 0.5) is 0 Å². The van der Waals surface area contributed by atoms with Crippen LogP contribution < -0.4 is 9.47 Å². The lowest BCUT2D eigenvalue weighted by Gasteiger charge is -2.18. The zero-order valence-corrected chi connectivity index (χ0v) is 11.8. The van der Waals surface area contributed by atoms with E-state index in [4.69, 9.17) is 9.47 Å². The van der Waals surface area contributed by atoms with Gasteiger partial charge in [0.15, 0.2) is 11.5 Å². The van der Waals surface area contributed by atoms with Crippen LogP contribution in [-0.4, -0.2) is 30.4 Å². The van der Waals surface area contributed by atoms with E-state index in [0.29, 0.717) is 17.4 Å². The Labute approximate surface area is 114 Å². The SMILES string of the molecule is COc1ccnc(CCC(O)C2CCCC2)c1OC. The molecule has 0 saturated heterocycles.